The van der Waals surface area contributed by atoms with Gasteiger partial charge in [-0.3, -0.25) is 0 Å². The lowest BCUT2D eigenvalue weighted by atomic mass is 10.2. The van der Waals surface area contributed by atoms with Crippen molar-refractivity contribution >= 4 is 29.9 Å². The number of methoxy groups -OCH3 is 2. The van der Waals surface area contributed by atoms with Crippen LogP contribution in [-0.2, 0) is 11.3 Å². The second-order valence-corrected chi connectivity index (χ2v) is 6.27. The summed E-state index contributed by atoms with van der Waals surface area (Å²) >= 11 is 0. The van der Waals surface area contributed by atoms with Crippen molar-refractivity contribution in [3.8, 4) is 5.75 Å². The van der Waals surface area contributed by atoms with E-state index in [-0.39, 0.29) is 24.0 Å². The van der Waals surface area contributed by atoms with Gasteiger partial charge in [-0.1, -0.05) is 25.0 Å². The van der Waals surface area contributed by atoms with Gasteiger partial charge in [0.05, 0.1) is 13.7 Å². The summed E-state index contributed by atoms with van der Waals surface area (Å²) in [6.07, 6.45) is 7.27. The van der Waals surface area contributed by atoms with E-state index in [1.807, 2.05) is 12.1 Å². The van der Waals surface area contributed by atoms with Gasteiger partial charge < -0.3 is 20.1 Å². The first-order valence-corrected chi connectivity index (χ1v) is 8.98. The topological polar surface area (TPSA) is 54.9 Å². The summed E-state index contributed by atoms with van der Waals surface area (Å²) in [7, 11) is 3.43. The van der Waals surface area contributed by atoms with Gasteiger partial charge in [0.2, 0.25) is 0 Å². The average molecular weight is 461 g/mol. The molecule has 6 heteroatoms. The first-order chi connectivity index (χ1) is 11.8. The van der Waals surface area contributed by atoms with Gasteiger partial charge >= 0.3 is 0 Å². The number of hydrogen-bond donors (Lipinski definition) is 2. The molecule has 0 spiro atoms. The largest absolute Gasteiger partial charge is 0.497 e. The second kappa shape index (κ2) is 13.2. The molecule has 1 aliphatic rings. The molecule has 0 aliphatic heterocycles. The number of benzene rings is 1. The van der Waals surface area contributed by atoms with Gasteiger partial charge in [-0.2, -0.15) is 0 Å². The lowest BCUT2D eigenvalue weighted by Gasteiger charge is -2.17. The van der Waals surface area contributed by atoms with Crippen LogP contribution in [0, 0.1) is 0 Å². The Hall–Kier alpha value is -1.02. The van der Waals surface area contributed by atoms with Crippen LogP contribution in [0.25, 0.3) is 0 Å². The van der Waals surface area contributed by atoms with Gasteiger partial charge in [0.25, 0.3) is 0 Å². The molecule has 2 rings (SSSR count). The molecule has 1 aromatic carbocycles. The molecule has 0 radical (unpaired) electrons. The van der Waals surface area contributed by atoms with E-state index >= 15 is 0 Å². The Kier molecular flexibility index (Phi) is 11.6. The smallest absolute Gasteiger partial charge is 0.191 e. The maximum absolute atomic E-state index is 5.20. The summed E-state index contributed by atoms with van der Waals surface area (Å²) in [5, 5.41) is 7.04. The Morgan fingerprint density at radius 2 is 1.84 bits per heavy atom. The van der Waals surface area contributed by atoms with Gasteiger partial charge in [-0.05, 0) is 43.4 Å². The maximum Gasteiger partial charge on any atom is 0.191 e. The third-order valence-electron chi connectivity index (χ3n) is 4.34. The van der Waals surface area contributed by atoms with Crippen molar-refractivity contribution in [1.82, 2.24) is 10.6 Å². The van der Waals surface area contributed by atoms with E-state index in [4.69, 9.17) is 14.5 Å². The first kappa shape index (κ1) is 22.0. The molecule has 142 valence electrons. The van der Waals surface area contributed by atoms with Crippen molar-refractivity contribution in [2.24, 2.45) is 4.99 Å². The van der Waals surface area contributed by atoms with Crippen molar-refractivity contribution in [2.45, 2.75) is 51.1 Å². The van der Waals surface area contributed by atoms with Gasteiger partial charge in [0.1, 0.15) is 5.75 Å². The molecule has 0 unspecified atom stereocenters. The number of unbranched alkanes of at least 4 members (excludes halogenated alkanes) is 1. The molecule has 0 saturated heterocycles. The van der Waals surface area contributed by atoms with E-state index in [1.165, 1.54) is 31.2 Å². The minimum absolute atomic E-state index is 0. The number of guanidine groups is 1. The molecule has 1 fully saturated rings. The van der Waals surface area contributed by atoms with Crippen LogP contribution in [0.1, 0.15) is 44.1 Å². The molecule has 0 heterocycles. The highest BCUT2D eigenvalue weighted by Crippen LogP contribution is 2.17. The van der Waals surface area contributed by atoms with E-state index < -0.39 is 0 Å². The van der Waals surface area contributed by atoms with Gasteiger partial charge in [-0.25, -0.2) is 4.99 Å². The fourth-order valence-corrected chi connectivity index (χ4v) is 2.90. The SMILES string of the molecule is COCCCCNC(=NCc1ccc(OC)cc1)NC1CCCC1.I. The fourth-order valence-electron chi connectivity index (χ4n) is 2.90. The molecule has 2 N–H and O–H groups in total. The number of rotatable bonds is 9. The molecule has 25 heavy (non-hydrogen) atoms. The number of nitrogens with one attached hydrogen (secondary N) is 2. The van der Waals surface area contributed by atoms with Crippen molar-refractivity contribution < 1.29 is 9.47 Å². The van der Waals surface area contributed by atoms with Crippen molar-refractivity contribution in [3.63, 3.8) is 0 Å². The van der Waals surface area contributed by atoms with E-state index in [2.05, 4.69) is 22.8 Å². The van der Waals surface area contributed by atoms with Crippen LogP contribution in [0.4, 0.5) is 0 Å². The summed E-state index contributed by atoms with van der Waals surface area (Å²) in [5.74, 6) is 1.80. The average Bonchev–Trinajstić information content (AvgIpc) is 3.12. The number of hydrogen-bond acceptors (Lipinski definition) is 3. The van der Waals surface area contributed by atoms with Crippen LogP contribution in [-0.4, -0.2) is 39.4 Å². The summed E-state index contributed by atoms with van der Waals surface area (Å²) in [5.41, 5.74) is 1.18. The third-order valence-corrected chi connectivity index (χ3v) is 4.34. The molecule has 0 atom stereocenters. The predicted molar refractivity (Wildman–Crippen MR) is 114 cm³/mol. The number of aliphatic imine (C=N–C) groups is 1. The van der Waals surface area contributed by atoms with E-state index in [0.29, 0.717) is 12.6 Å². The van der Waals surface area contributed by atoms with Crippen molar-refractivity contribution in [2.75, 3.05) is 27.4 Å². The Morgan fingerprint density at radius 1 is 1.12 bits per heavy atom. The molecule has 1 saturated carbocycles. The highest BCUT2D eigenvalue weighted by Gasteiger charge is 2.15. The molecular formula is C19H32IN3O2. The molecule has 0 amide bonds. The van der Waals surface area contributed by atoms with E-state index in [9.17, 15) is 0 Å². The maximum atomic E-state index is 5.20. The molecule has 0 aromatic heterocycles. The Balaban J connectivity index is 0.00000312. The Labute approximate surface area is 169 Å². The highest BCUT2D eigenvalue weighted by atomic mass is 127. The summed E-state index contributed by atoms with van der Waals surface area (Å²) in [6.45, 7) is 2.41. The fraction of sp³-hybridized carbons (Fsp3) is 0.632. The van der Waals surface area contributed by atoms with Gasteiger partial charge in [0, 0.05) is 26.3 Å². The zero-order valence-electron chi connectivity index (χ0n) is 15.4. The van der Waals surface area contributed by atoms with Crippen LogP contribution in [0.2, 0.25) is 0 Å². The predicted octanol–water partition coefficient (Wildman–Crippen LogP) is 3.72. The van der Waals surface area contributed by atoms with Crippen LogP contribution in [0.15, 0.2) is 29.3 Å². The normalized spacial score (nSPS) is 14.9. The minimum Gasteiger partial charge on any atom is -0.497 e. The Morgan fingerprint density at radius 3 is 2.48 bits per heavy atom. The standard InChI is InChI=1S/C19H31N3O2.HI/c1-23-14-6-5-13-20-19(22-17-7-3-4-8-17)21-15-16-9-11-18(24-2)12-10-16;/h9-12,17H,3-8,13-15H2,1-2H3,(H2,20,21,22);1H. The van der Waals surface area contributed by atoms with Crippen LogP contribution >= 0.6 is 24.0 Å². The molecule has 0 bridgehead atoms. The molecule has 1 aliphatic carbocycles. The van der Waals surface area contributed by atoms with Crippen molar-refractivity contribution in [1.29, 1.82) is 0 Å². The zero-order chi connectivity index (χ0) is 17.0. The van der Waals surface area contributed by atoms with Crippen LogP contribution in [0.3, 0.4) is 0 Å². The van der Waals surface area contributed by atoms with Crippen molar-refractivity contribution in [3.05, 3.63) is 29.8 Å². The Bertz CT molecular complexity index is 488. The first-order valence-electron chi connectivity index (χ1n) is 8.98. The van der Waals surface area contributed by atoms with Crippen LogP contribution < -0.4 is 15.4 Å². The molecular weight excluding hydrogens is 429 g/mol. The highest BCUT2D eigenvalue weighted by molar-refractivity contribution is 14.0. The number of halogens is 1. The number of ether oxygens (including phenoxy) is 2. The summed E-state index contributed by atoms with van der Waals surface area (Å²) in [4.78, 5) is 4.75. The van der Waals surface area contributed by atoms with Crippen LogP contribution in [0.5, 0.6) is 5.75 Å². The van der Waals surface area contributed by atoms with Gasteiger partial charge in [0.15, 0.2) is 5.96 Å². The lowest BCUT2D eigenvalue weighted by molar-refractivity contribution is 0.193. The number of nitrogens with zero attached hydrogens (tertiary/aromatic N) is 1. The monoisotopic (exact) mass is 461 g/mol. The van der Waals surface area contributed by atoms with E-state index in [1.54, 1.807) is 14.2 Å². The third kappa shape index (κ3) is 8.76. The zero-order valence-corrected chi connectivity index (χ0v) is 17.8. The molecule has 1 aromatic rings. The quantitative estimate of drug-likeness (QED) is 0.255. The molecule has 5 nitrogen and oxygen atoms in total. The summed E-state index contributed by atoms with van der Waals surface area (Å²) in [6, 6.07) is 8.65. The second-order valence-electron chi connectivity index (χ2n) is 6.27. The lowest BCUT2D eigenvalue weighted by Crippen LogP contribution is -2.42. The van der Waals surface area contributed by atoms with E-state index in [0.717, 1.165) is 37.7 Å². The summed E-state index contributed by atoms with van der Waals surface area (Å²) < 4.78 is 10.3. The minimum atomic E-state index is 0. The van der Waals surface area contributed by atoms with Gasteiger partial charge in [-0.15, -0.1) is 24.0 Å².